The lowest BCUT2D eigenvalue weighted by Gasteiger charge is -2.46. The third kappa shape index (κ3) is 2.88. The van der Waals surface area contributed by atoms with Crippen molar-refractivity contribution in [3.05, 3.63) is 0 Å². The fourth-order valence-electron chi connectivity index (χ4n) is 4.03. The van der Waals surface area contributed by atoms with E-state index in [4.69, 9.17) is 0 Å². The van der Waals surface area contributed by atoms with Crippen LogP contribution < -0.4 is 0 Å². The Hall–Kier alpha value is -0.550. The van der Waals surface area contributed by atoms with Crippen molar-refractivity contribution >= 4 is 0 Å². The summed E-state index contributed by atoms with van der Waals surface area (Å²) < 4.78 is 0. The average Bonchev–Trinajstić information content (AvgIpc) is 2.58. The lowest BCUT2D eigenvalue weighted by molar-refractivity contribution is 0.0227. The minimum Gasteiger partial charge on any atom is -0.296 e. The molecule has 2 fully saturated rings. The summed E-state index contributed by atoms with van der Waals surface area (Å²) in [5.74, 6) is 1.84. The van der Waals surface area contributed by atoms with E-state index < -0.39 is 0 Å². The Balaban J connectivity index is 2.13. The van der Waals surface area contributed by atoms with Gasteiger partial charge >= 0.3 is 0 Å². The molecule has 5 unspecified atom stereocenters. The van der Waals surface area contributed by atoms with E-state index in [9.17, 15) is 5.26 Å². The number of likely N-dealkylation sites (tertiary alicyclic amines) is 1. The molecule has 2 nitrogen and oxygen atoms in total. The van der Waals surface area contributed by atoms with Gasteiger partial charge in [0, 0.05) is 18.6 Å². The van der Waals surface area contributed by atoms with Gasteiger partial charge in [-0.25, -0.2) is 0 Å². The largest absolute Gasteiger partial charge is 0.296 e. The Kier molecular flexibility index (Phi) is 4.67. The van der Waals surface area contributed by atoms with Crippen LogP contribution in [0.1, 0.15) is 59.3 Å². The Morgan fingerprint density at radius 3 is 2.50 bits per heavy atom. The first-order valence-corrected chi connectivity index (χ1v) is 7.78. The van der Waals surface area contributed by atoms with Crippen molar-refractivity contribution < 1.29 is 0 Å². The summed E-state index contributed by atoms with van der Waals surface area (Å²) >= 11 is 0. The van der Waals surface area contributed by atoms with Gasteiger partial charge in [0.15, 0.2) is 0 Å². The number of hydrogen-bond acceptors (Lipinski definition) is 2. The van der Waals surface area contributed by atoms with Crippen LogP contribution in [0.3, 0.4) is 0 Å². The van der Waals surface area contributed by atoms with Crippen LogP contribution >= 0.6 is 0 Å². The first-order valence-electron chi connectivity index (χ1n) is 7.78. The van der Waals surface area contributed by atoms with Gasteiger partial charge in [0.05, 0.1) is 12.0 Å². The average molecular weight is 248 g/mol. The highest BCUT2D eigenvalue weighted by molar-refractivity contribution is 4.98. The molecular formula is C16H28N2. The van der Waals surface area contributed by atoms with Gasteiger partial charge in [0.2, 0.25) is 0 Å². The van der Waals surface area contributed by atoms with Crippen molar-refractivity contribution in [3.63, 3.8) is 0 Å². The Labute approximate surface area is 112 Å². The highest BCUT2D eigenvalue weighted by atomic mass is 15.2. The molecule has 0 bridgehead atoms. The summed E-state index contributed by atoms with van der Waals surface area (Å²) in [6, 6.07) is 3.78. The minimum atomic E-state index is 0.271. The Bertz CT molecular complexity index is 307. The maximum atomic E-state index is 9.46. The van der Waals surface area contributed by atoms with Crippen molar-refractivity contribution in [3.8, 4) is 6.07 Å². The fourth-order valence-corrected chi connectivity index (χ4v) is 4.03. The van der Waals surface area contributed by atoms with E-state index in [0.29, 0.717) is 12.1 Å². The number of hydrogen-bond donors (Lipinski definition) is 0. The lowest BCUT2D eigenvalue weighted by Crippen LogP contribution is -2.52. The summed E-state index contributed by atoms with van der Waals surface area (Å²) in [5, 5.41) is 9.46. The first-order chi connectivity index (χ1) is 8.63. The molecule has 1 aliphatic carbocycles. The van der Waals surface area contributed by atoms with Crippen LogP contribution in [0.4, 0.5) is 0 Å². The number of rotatable bonds is 1. The molecule has 0 N–H and O–H groups in total. The van der Waals surface area contributed by atoms with E-state index in [1.165, 1.54) is 38.6 Å². The van der Waals surface area contributed by atoms with Gasteiger partial charge in [-0.2, -0.15) is 5.26 Å². The molecule has 5 atom stereocenters. The molecule has 0 aromatic heterocycles. The summed E-state index contributed by atoms with van der Waals surface area (Å²) in [6.45, 7) is 8.32. The number of piperidine rings is 1. The van der Waals surface area contributed by atoms with Crippen LogP contribution in [0.15, 0.2) is 0 Å². The Morgan fingerprint density at radius 1 is 1.06 bits per heavy atom. The summed E-state index contributed by atoms with van der Waals surface area (Å²) in [6.07, 6.45) is 7.59. The van der Waals surface area contributed by atoms with E-state index >= 15 is 0 Å². The van der Waals surface area contributed by atoms with Crippen LogP contribution in [0.25, 0.3) is 0 Å². The van der Waals surface area contributed by atoms with E-state index in [1.807, 2.05) is 0 Å². The molecule has 18 heavy (non-hydrogen) atoms. The Morgan fingerprint density at radius 2 is 1.78 bits per heavy atom. The molecular weight excluding hydrogens is 220 g/mol. The second-order valence-corrected chi connectivity index (χ2v) is 6.70. The van der Waals surface area contributed by atoms with E-state index in [1.54, 1.807) is 0 Å². The highest BCUT2D eigenvalue weighted by Crippen LogP contribution is 2.34. The van der Waals surface area contributed by atoms with Gasteiger partial charge < -0.3 is 0 Å². The molecule has 2 rings (SSSR count). The minimum absolute atomic E-state index is 0.271. The molecule has 0 aromatic carbocycles. The third-order valence-electron chi connectivity index (χ3n) is 5.21. The van der Waals surface area contributed by atoms with Gasteiger partial charge in [-0.3, -0.25) is 4.90 Å². The zero-order valence-corrected chi connectivity index (χ0v) is 12.2. The molecule has 1 heterocycles. The van der Waals surface area contributed by atoms with Crippen LogP contribution in [-0.2, 0) is 0 Å². The highest BCUT2D eigenvalue weighted by Gasteiger charge is 2.37. The van der Waals surface area contributed by atoms with Gasteiger partial charge in [-0.05, 0) is 38.0 Å². The van der Waals surface area contributed by atoms with Gasteiger partial charge in [-0.15, -0.1) is 0 Å². The zero-order chi connectivity index (χ0) is 13.1. The molecule has 2 aliphatic rings. The summed E-state index contributed by atoms with van der Waals surface area (Å²) in [7, 11) is 0. The maximum absolute atomic E-state index is 9.46. The van der Waals surface area contributed by atoms with E-state index in [2.05, 4.69) is 31.7 Å². The van der Waals surface area contributed by atoms with E-state index in [-0.39, 0.29) is 5.92 Å². The molecule has 1 saturated heterocycles. The van der Waals surface area contributed by atoms with Crippen molar-refractivity contribution in [2.75, 3.05) is 6.54 Å². The van der Waals surface area contributed by atoms with Crippen LogP contribution in [-0.4, -0.2) is 23.5 Å². The molecule has 102 valence electrons. The molecule has 1 aliphatic heterocycles. The topological polar surface area (TPSA) is 27.0 Å². The van der Waals surface area contributed by atoms with Crippen molar-refractivity contribution in [2.45, 2.75) is 71.4 Å². The third-order valence-corrected chi connectivity index (χ3v) is 5.21. The van der Waals surface area contributed by atoms with E-state index in [0.717, 1.165) is 18.3 Å². The standard InChI is InChI=1S/C16H28N2/c1-12-9-13(2)14(3)18(11-12)16-8-6-4-5-7-15(16)10-17/h12-16H,4-9,11H2,1-3H3. The quantitative estimate of drug-likeness (QED) is 0.659. The second kappa shape index (κ2) is 6.06. The second-order valence-electron chi connectivity index (χ2n) is 6.70. The fraction of sp³-hybridized carbons (Fsp3) is 0.938. The number of nitrogens with zero attached hydrogens (tertiary/aromatic N) is 2. The molecule has 0 spiro atoms. The molecule has 2 heteroatoms. The molecule has 0 aromatic rings. The molecule has 1 saturated carbocycles. The van der Waals surface area contributed by atoms with Crippen molar-refractivity contribution in [2.24, 2.45) is 17.8 Å². The predicted molar refractivity (Wildman–Crippen MR) is 75.1 cm³/mol. The summed E-state index contributed by atoms with van der Waals surface area (Å²) in [4.78, 5) is 2.68. The van der Waals surface area contributed by atoms with Gasteiger partial charge in [0.1, 0.15) is 0 Å². The van der Waals surface area contributed by atoms with Crippen LogP contribution in [0.5, 0.6) is 0 Å². The first kappa shape index (κ1) is 13.9. The maximum Gasteiger partial charge on any atom is 0.0672 e. The van der Waals surface area contributed by atoms with Crippen LogP contribution in [0.2, 0.25) is 0 Å². The van der Waals surface area contributed by atoms with Gasteiger partial charge in [-0.1, -0.05) is 33.1 Å². The van der Waals surface area contributed by atoms with Crippen molar-refractivity contribution in [1.29, 1.82) is 5.26 Å². The SMILES string of the molecule is CC1CC(C)C(C)N(C2CCCCCC2C#N)C1. The molecule has 0 amide bonds. The number of nitriles is 1. The van der Waals surface area contributed by atoms with Crippen LogP contribution in [0, 0.1) is 29.1 Å². The molecule has 0 radical (unpaired) electrons. The normalized spacial score (nSPS) is 43.1. The smallest absolute Gasteiger partial charge is 0.0672 e. The predicted octanol–water partition coefficient (Wildman–Crippen LogP) is 3.83. The monoisotopic (exact) mass is 248 g/mol. The zero-order valence-electron chi connectivity index (χ0n) is 12.2. The summed E-state index contributed by atoms with van der Waals surface area (Å²) in [5.41, 5.74) is 0. The van der Waals surface area contributed by atoms with Gasteiger partial charge in [0.25, 0.3) is 0 Å². The lowest BCUT2D eigenvalue weighted by atomic mass is 9.82. The van der Waals surface area contributed by atoms with Crippen molar-refractivity contribution in [1.82, 2.24) is 4.90 Å².